The first kappa shape index (κ1) is 20.9. The lowest BCUT2D eigenvalue weighted by molar-refractivity contribution is -0.197. The second kappa shape index (κ2) is 7.20. The summed E-state index contributed by atoms with van der Waals surface area (Å²) in [4.78, 5) is 14.2. The van der Waals surface area contributed by atoms with Crippen LogP contribution >= 0.6 is 0 Å². The number of ether oxygens (including phenoxy) is 1. The highest BCUT2D eigenvalue weighted by Crippen LogP contribution is 2.62. The van der Waals surface area contributed by atoms with Gasteiger partial charge < -0.3 is 25.0 Å². The van der Waals surface area contributed by atoms with Crippen molar-refractivity contribution >= 4 is 6.09 Å². The van der Waals surface area contributed by atoms with Crippen molar-refractivity contribution in [2.45, 2.75) is 96.1 Å². The zero-order chi connectivity index (χ0) is 20.0. The van der Waals surface area contributed by atoms with Crippen molar-refractivity contribution in [2.24, 2.45) is 17.3 Å². The minimum Gasteiger partial charge on any atom is -0.444 e. The molecule has 6 heteroatoms. The van der Waals surface area contributed by atoms with E-state index in [9.17, 15) is 20.1 Å². The summed E-state index contributed by atoms with van der Waals surface area (Å²) in [5.74, 6) is 0.528. The summed E-state index contributed by atoms with van der Waals surface area (Å²) in [6.45, 7) is 8.75. The molecule has 27 heavy (non-hydrogen) atoms. The van der Waals surface area contributed by atoms with E-state index in [2.05, 4.69) is 6.92 Å². The van der Waals surface area contributed by atoms with Gasteiger partial charge in [-0.2, -0.15) is 0 Å². The van der Waals surface area contributed by atoms with Crippen molar-refractivity contribution in [3.05, 3.63) is 0 Å². The van der Waals surface area contributed by atoms with Crippen LogP contribution < -0.4 is 0 Å². The van der Waals surface area contributed by atoms with Gasteiger partial charge in [0.2, 0.25) is 0 Å². The van der Waals surface area contributed by atoms with Gasteiger partial charge in [0.05, 0.1) is 17.8 Å². The predicted molar refractivity (Wildman–Crippen MR) is 102 cm³/mol. The highest BCUT2D eigenvalue weighted by atomic mass is 16.6. The van der Waals surface area contributed by atoms with Crippen molar-refractivity contribution in [1.82, 2.24) is 4.90 Å². The minimum absolute atomic E-state index is 0.129. The third kappa shape index (κ3) is 3.60. The Morgan fingerprint density at radius 1 is 1.04 bits per heavy atom. The van der Waals surface area contributed by atoms with Crippen molar-refractivity contribution in [3.8, 4) is 0 Å². The number of carbonyl (C=O) groups is 1. The van der Waals surface area contributed by atoms with Crippen molar-refractivity contribution in [3.63, 3.8) is 0 Å². The van der Waals surface area contributed by atoms with E-state index in [1.54, 1.807) is 4.90 Å². The van der Waals surface area contributed by atoms with E-state index >= 15 is 0 Å². The van der Waals surface area contributed by atoms with Crippen molar-refractivity contribution < 1.29 is 24.9 Å². The molecule has 3 N–H and O–H groups in total. The van der Waals surface area contributed by atoms with E-state index < -0.39 is 28.8 Å². The highest BCUT2D eigenvalue weighted by molar-refractivity contribution is 5.68. The molecule has 0 radical (unpaired) electrons. The van der Waals surface area contributed by atoms with E-state index in [1.165, 1.54) is 0 Å². The summed E-state index contributed by atoms with van der Waals surface area (Å²) in [5.41, 5.74) is -2.48. The van der Waals surface area contributed by atoms with Gasteiger partial charge in [-0.25, -0.2) is 4.79 Å². The Morgan fingerprint density at radius 2 is 1.67 bits per heavy atom. The first-order valence-corrected chi connectivity index (χ1v) is 10.6. The molecule has 1 aliphatic heterocycles. The molecule has 6 atom stereocenters. The number of aliphatic hydroxyl groups is 3. The topological polar surface area (TPSA) is 90.2 Å². The molecule has 156 valence electrons. The summed E-state index contributed by atoms with van der Waals surface area (Å²) in [6.07, 6.45) is 2.72. The van der Waals surface area contributed by atoms with Gasteiger partial charge in [0.25, 0.3) is 0 Å². The maximum absolute atomic E-state index is 12.5. The zero-order valence-electron chi connectivity index (χ0n) is 17.3. The van der Waals surface area contributed by atoms with Crippen LogP contribution in [0.5, 0.6) is 0 Å². The molecule has 3 aliphatic rings. The van der Waals surface area contributed by atoms with Gasteiger partial charge in [0.15, 0.2) is 0 Å². The molecule has 1 spiro atoms. The lowest BCUT2D eigenvalue weighted by Crippen LogP contribution is -2.60. The molecule has 0 aromatic carbocycles. The second-order valence-electron chi connectivity index (χ2n) is 10.2. The maximum atomic E-state index is 12.5. The molecule has 6 nitrogen and oxygen atoms in total. The number of rotatable bonds is 0. The van der Waals surface area contributed by atoms with Crippen molar-refractivity contribution in [1.29, 1.82) is 0 Å². The van der Waals surface area contributed by atoms with E-state index in [-0.39, 0.29) is 12.0 Å². The number of hydrogen-bond donors (Lipinski definition) is 3. The van der Waals surface area contributed by atoms with E-state index in [4.69, 9.17) is 4.74 Å². The lowest BCUT2D eigenvalue weighted by atomic mass is 9.55. The van der Waals surface area contributed by atoms with Crippen LogP contribution in [0.1, 0.15) is 72.6 Å². The minimum atomic E-state index is -1.28. The number of carbonyl (C=O) groups excluding carboxylic acids is 1. The molecular formula is C21H37NO5. The average Bonchev–Trinajstić information content (AvgIpc) is 2.77. The van der Waals surface area contributed by atoms with Crippen molar-refractivity contribution in [2.75, 3.05) is 13.1 Å². The Labute approximate surface area is 162 Å². The van der Waals surface area contributed by atoms with Crippen LogP contribution in [0.4, 0.5) is 4.79 Å². The number of nitrogens with zero attached hydrogens (tertiary/aromatic N) is 1. The molecular weight excluding hydrogens is 346 g/mol. The van der Waals surface area contributed by atoms with Crippen LogP contribution in [0.15, 0.2) is 0 Å². The van der Waals surface area contributed by atoms with Gasteiger partial charge in [-0.3, -0.25) is 0 Å². The van der Waals surface area contributed by atoms with Gasteiger partial charge in [-0.1, -0.05) is 6.92 Å². The molecule has 2 saturated carbocycles. The highest BCUT2D eigenvalue weighted by Gasteiger charge is 2.67. The fraction of sp³-hybridized carbons (Fsp3) is 0.952. The van der Waals surface area contributed by atoms with Crippen LogP contribution in [0.3, 0.4) is 0 Å². The fourth-order valence-corrected chi connectivity index (χ4v) is 6.09. The molecule has 1 saturated heterocycles. The normalized spacial score (nSPS) is 43.1. The number of amides is 1. The second-order valence-corrected chi connectivity index (χ2v) is 10.2. The monoisotopic (exact) mass is 383 g/mol. The summed E-state index contributed by atoms with van der Waals surface area (Å²) in [5, 5.41) is 33.5. The van der Waals surface area contributed by atoms with Gasteiger partial charge in [0.1, 0.15) is 5.60 Å². The third-order valence-electron chi connectivity index (χ3n) is 7.16. The van der Waals surface area contributed by atoms with Gasteiger partial charge in [-0.15, -0.1) is 0 Å². The van der Waals surface area contributed by atoms with Crippen LogP contribution in [-0.2, 0) is 4.74 Å². The number of hydrogen-bond acceptors (Lipinski definition) is 5. The molecule has 2 aliphatic carbocycles. The van der Waals surface area contributed by atoms with E-state index in [1.807, 2.05) is 20.8 Å². The lowest BCUT2D eigenvalue weighted by Gasteiger charge is -2.53. The summed E-state index contributed by atoms with van der Waals surface area (Å²) < 4.78 is 5.52. The smallest absolute Gasteiger partial charge is 0.410 e. The predicted octanol–water partition coefficient (Wildman–Crippen LogP) is 2.69. The Balaban J connectivity index is 1.82. The van der Waals surface area contributed by atoms with Crippen LogP contribution in [0.2, 0.25) is 0 Å². The van der Waals surface area contributed by atoms with Gasteiger partial charge in [0, 0.05) is 18.5 Å². The first-order valence-electron chi connectivity index (χ1n) is 10.6. The zero-order valence-corrected chi connectivity index (χ0v) is 17.3. The molecule has 1 amide bonds. The van der Waals surface area contributed by atoms with Crippen LogP contribution in [0, 0.1) is 17.3 Å². The standard InChI is InChI=1S/C21H37NO5/c1-14-11-15-13-17(24)21(26)8-6-10-22(18(25)27-19(2,3)4)9-5-7-20(15,21)16(23)12-14/h14-17,23-24,26H,5-13H2,1-4H3/t14-,15+,16-,17-,20-,21-/m1/s1. The molecule has 3 rings (SSSR count). The number of aliphatic hydroxyl groups excluding tert-OH is 2. The summed E-state index contributed by atoms with van der Waals surface area (Å²) >= 11 is 0. The molecule has 0 bridgehead atoms. The average molecular weight is 384 g/mol. The third-order valence-corrected chi connectivity index (χ3v) is 7.16. The summed E-state index contributed by atoms with van der Waals surface area (Å²) in [6, 6.07) is 0. The maximum Gasteiger partial charge on any atom is 0.410 e. The first-order chi connectivity index (χ1) is 12.5. The molecule has 3 fully saturated rings. The van der Waals surface area contributed by atoms with Crippen LogP contribution in [0.25, 0.3) is 0 Å². The van der Waals surface area contributed by atoms with E-state index in [0.29, 0.717) is 57.5 Å². The van der Waals surface area contributed by atoms with Crippen LogP contribution in [-0.4, -0.2) is 62.8 Å². The van der Waals surface area contributed by atoms with Gasteiger partial charge in [-0.05, 0) is 77.6 Å². The Kier molecular flexibility index (Phi) is 5.56. The van der Waals surface area contributed by atoms with Gasteiger partial charge >= 0.3 is 6.09 Å². The quantitative estimate of drug-likeness (QED) is 0.598. The largest absolute Gasteiger partial charge is 0.444 e. The van der Waals surface area contributed by atoms with E-state index in [0.717, 1.165) is 6.42 Å². The SMILES string of the molecule is C[C@@H]1C[C@H]2C[C@@H](O)[C@]3(O)CCCN(C(=O)OC(C)(C)C)CCC[C@]23[C@H](O)C1. The Hall–Kier alpha value is -0.850. The molecule has 0 aromatic heterocycles. The Bertz CT molecular complexity index is 561. The Morgan fingerprint density at radius 3 is 2.30 bits per heavy atom. The summed E-state index contributed by atoms with van der Waals surface area (Å²) in [7, 11) is 0. The molecule has 0 unspecified atom stereocenters. The molecule has 0 aromatic rings. The fourth-order valence-electron chi connectivity index (χ4n) is 6.09. The molecule has 1 heterocycles.